The van der Waals surface area contributed by atoms with Crippen LogP contribution in [0.3, 0.4) is 0 Å². The lowest BCUT2D eigenvalue weighted by molar-refractivity contribution is 0.0781. The van der Waals surface area contributed by atoms with Gasteiger partial charge in [0.15, 0.2) is 0 Å². The van der Waals surface area contributed by atoms with Crippen LogP contribution in [0.2, 0.25) is 0 Å². The number of aromatic nitrogens is 1. The second-order valence-electron chi connectivity index (χ2n) is 4.89. The van der Waals surface area contributed by atoms with E-state index in [1.54, 1.807) is 30.3 Å². The van der Waals surface area contributed by atoms with Gasteiger partial charge < -0.3 is 9.64 Å². The predicted octanol–water partition coefficient (Wildman–Crippen LogP) is 2.92. The number of nitrogens with zero attached hydrogens (tertiary/aromatic N) is 2. The number of carbonyl (C=O) groups excluding carboxylic acids is 1. The predicted molar refractivity (Wildman–Crippen MR) is 82.4 cm³/mol. The maximum atomic E-state index is 12.5. The van der Waals surface area contributed by atoms with Crippen LogP contribution < -0.4 is 4.74 Å². The van der Waals surface area contributed by atoms with Gasteiger partial charge in [-0.25, -0.2) is 4.98 Å². The zero-order chi connectivity index (χ0) is 15.2. The lowest BCUT2D eigenvalue weighted by Gasteiger charge is -2.18. The quantitative estimate of drug-likeness (QED) is 0.848. The highest BCUT2D eigenvalue weighted by Gasteiger charge is 2.17. The third kappa shape index (κ3) is 3.60. The van der Waals surface area contributed by atoms with Crippen molar-refractivity contribution in [1.82, 2.24) is 9.88 Å². The lowest BCUT2D eigenvalue weighted by atomic mass is 10.1. The zero-order valence-electron chi connectivity index (χ0n) is 12.7. The minimum atomic E-state index is -0.0977. The molecule has 0 radical (unpaired) electrons. The number of carbonyl (C=O) groups is 1. The number of hydrogen-bond donors (Lipinski definition) is 0. The maximum absolute atomic E-state index is 12.5. The second kappa shape index (κ2) is 6.88. The number of rotatable bonds is 5. The lowest BCUT2D eigenvalue weighted by Crippen LogP contribution is -2.26. The molecule has 1 amide bonds. The van der Waals surface area contributed by atoms with Crippen LogP contribution >= 0.6 is 0 Å². The highest BCUT2D eigenvalue weighted by Crippen LogP contribution is 2.17. The Morgan fingerprint density at radius 1 is 1.19 bits per heavy atom. The summed E-state index contributed by atoms with van der Waals surface area (Å²) in [6, 6.07) is 11.8. The molecule has 0 unspecified atom stereocenters. The van der Waals surface area contributed by atoms with Gasteiger partial charge >= 0.3 is 0 Å². The fraction of sp³-hybridized carbons (Fsp3) is 0.294. The molecule has 0 aliphatic carbocycles. The van der Waals surface area contributed by atoms with Crippen LogP contribution in [0.15, 0.2) is 42.6 Å². The first-order valence-electron chi connectivity index (χ1n) is 6.98. The Kier molecular flexibility index (Phi) is 4.93. The standard InChI is InChI=1S/C17H20N2O2/c1-4-13-7-9-14(10-8-13)12-19(2)17(20)15-6-5-11-18-16(15)21-3/h5-11H,4,12H2,1-3H3. The molecule has 0 atom stereocenters. The summed E-state index contributed by atoms with van der Waals surface area (Å²) < 4.78 is 5.14. The molecule has 0 saturated carbocycles. The molecule has 2 rings (SSSR count). The van der Waals surface area contributed by atoms with Crippen LogP contribution in [0.1, 0.15) is 28.4 Å². The summed E-state index contributed by atoms with van der Waals surface area (Å²) in [6.07, 6.45) is 2.63. The SMILES string of the molecule is CCc1ccc(CN(C)C(=O)c2cccnc2OC)cc1. The summed E-state index contributed by atoms with van der Waals surface area (Å²) in [6.45, 7) is 2.68. The molecule has 1 aromatic carbocycles. The molecular formula is C17H20N2O2. The topological polar surface area (TPSA) is 42.4 Å². The number of aryl methyl sites for hydroxylation is 1. The fourth-order valence-electron chi connectivity index (χ4n) is 2.15. The summed E-state index contributed by atoms with van der Waals surface area (Å²) in [7, 11) is 3.30. The van der Waals surface area contributed by atoms with Crippen molar-refractivity contribution < 1.29 is 9.53 Å². The third-order valence-electron chi connectivity index (χ3n) is 3.39. The average Bonchev–Trinajstić information content (AvgIpc) is 2.54. The number of hydrogen-bond acceptors (Lipinski definition) is 3. The molecule has 0 aliphatic rings. The highest BCUT2D eigenvalue weighted by atomic mass is 16.5. The molecule has 0 bridgehead atoms. The van der Waals surface area contributed by atoms with Crippen LogP contribution in [-0.2, 0) is 13.0 Å². The molecule has 4 nitrogen and oxygen atoms in total. The number of methoxy groups -OCH3 is 1. The fourth-order valence-corrected chi connectivity index (χ4v) is 2.15. The first-order chi connectivity index (χ1) is 10.2. The first kappa shape index (κ1) is 15.0. The van der Waals surface area contributed by atoms with Crippen molar-refractivity contribution in [2.24, 2.45) is 0 Å². The number of benzene rings is 1. The normalized spacial score (nSPS) is 10.2. The van der Waals surface area contributed by atoms with Gasteiger partial charge in [0.2, 0.25) is 5.88 Å². The smallest absolute Gasteiger partial charge is 0.259 e. The molecule has 0 saturated heterocycles. The Bertz CT molecular complexity index is 608. The number of amides is 1. The Morgan fingerprint density at radius 3 is 2.48 bits per heavy atom. The van der Waals surface area contributed by atoms with Gasteiger partial charge in [0.1, 0.15) is 5.56 Å². The summed E-state index contributed by atoms with van der Waals surface area (Å²) >= 11 is 0. The highest BCUT2D eigenvalue weighted by molar-refractivity contribution is 5.96. The Morgan fingerprint density at radius 2 is 1.86 bits per heavy atom. The monoisotopic (exact) mass is 284 g/mol. The van der Waals surface area contributed by atoms with Gasteiger partial charge in [-0.15, -0.1) is 0 Å². The van der Waals surface area contributed by atoms with Gasteiger partial charge in [-0.2, -0.15) is 0 Å². The van der Waals surface area contributed by atoms with E-state index in [9.17, 15) is 4.79 Å². The third-order valence-corrected chi connectivity index (χ3v) is 3.39. The molecule has 4 heteroatoms. The van der Waals surface area contributed by atoms with Crippen molar-refractivity contribution in [3.05, 3.63) is 59.3 Å². The molecule has 110 valence electrons. The van der Waals surface area contributed by atoms with Crippen molar-refractivity contribution in [1.29, 1.82) is 0 Å². The van der Waals surface area contributed by atoms with E-state index >= 15 is 0 Å². The molecule has 21 heavy (non-hydrogen) atoms. The number of ether oxygens (including phenoxy) is 1. The van der Waals surface area contributed by atoms with E-state index < -0.39 is 0 Å². The summed E-state index contributed by atoms with van der Waals surface area (Å²) in [5, 5.41) is 0. The van der Waals surface area contributed by atoms with Crippen LogP contribution in [0.5, 0.6) is 5.88 Å². The van der Waals surface area contributed by atoms with Crippen molar-refractivity contribution in [2.45, 2.75) is 19.9 Å². The summed E-state index contributed by atoms with van der Waals surface area (Å²) in [5.41, 5.74) is 2.88. The van der Waals surface area contributed by atoms with Crippen molar-refractivity contribution >= 4 is 5.91 Å². The largest absolute Gasteiger partial charge is 0.480 e. The van der Waals surface area contributed by atoms with Gasteiger partial charge in [0.05, 0.1) is 7.11 Å². The Balaban J connectivity index is 2.11. The van der Waals surface area contributed by atoms with E-state index in [1.807, 2.05) is 0 Å². The van der Waals surface area contributed by atoms with Gasteiger partial charge in [-0.05, 0) is 29.7 Å². The van der Waals surface area contributed by atoms with Crippen molar-refractivity contribution in [3.8, 4) is 5.88 Å². The van der Waals surface area contributed by atoms with E-state index in [4.69, 9.17) is 4.74 Å². The van der Waals surface area contributed by atoms with Crippen LogP contribution in [0.25, 0.3) is 0 Å². The zero-order valence-corrected chi connectivity index (χ0v) is 12.7. The Labute approximate surface area is 125 Å². The van der Waals surface area contributed by atoms with Gasteiger partial charge in [0.25, 0.3) is 5.91 Å². The minimum absolute atomic E-state index is 0.0977. The van der Waals surface area contributed by atoms with Crippen molar-refractivity contribution in [3.63, 3.8) is 0 Å². The molecule has 1 aromatic heterocycles. The van der Waals surface area contributed by atoms with Crippen molar-refractivity contribution in [2.75, 3.05) is 14.2 Å². The second-order valence-corrected chi connectivity index (χ2v) is 4.89. The Hall–Kier alpha value is -2.36. The molecular weight excluding hydrogens is 264 g/mol. The average molecular weight is 284 g/mol. The minimum Gasteiger partial charge on any atom is -0.480 e. The van der Waals surface area contributed by atoms with E-state index in [2.05, 4.69) is 36.2 Å². The van der Waals surface area contributed by atoms with E-state index in [0.717, 1.165) is 12.0 Å². The first-order valence-corrected chi connectivity index (χ1v) is 6.98. The van der Waals surface area contributed by atoms with Gasteiger partial charge in [-0.3, -0.25) is 4.79 Å². The molecule has 0 fully saturated rings. The summed E-state index contributed by atoms with van der Waals surface area (Å²) in [5.74, 6) is 0.259. The van der Waals surface area contributed by atoms with Crippen LogP contribution in [0.4, 0.5) is 0 Å². The van der Waals surface area contributed by atoms with E-state index in [-0.39, 0.29) is 5.91 Å². The van der Waals surface area contributed by atoms with E-state index in [1.165, 1.54) is 12.7 Å². The van der Waals surface area contributed by atoms with Gasteiger partial charge in [0, 0.05) is 19.8 Å². The molecule has 0 aliphatic heterocycles. The van der Waals surface area contributed by atoms with Gasteiger partial charge in [-0.1, -0.05) is 31.2 Å². The summed E-state index contributed by atoms with van der Waals surface area (Å²) in [4.78, 5) is 18.2. The number of pyridine rings is 1. The molecule has 1 heterocycles. The van der Waals surface area contributed by atoms with Crippen LogP contribution in [0, 0.1) is 0 Å². The molecule has 0 N–H and O–H groups in total. The molecule has 0 spiro atoms. The maximum Gasteiger partial charge on any atom is 0.259 e. The molecule has 2 aromatic rings. The van der Waals surface area contributed by atoms with Crippen LogP contribution in [-0.4, -0.2) is 29.9 Å². The van der Waals surface area contributed by atoms with E-state index in [0.29, 0.717) is 18.0 Å².